The van der Waals surface area contributed by atoms with Gasteiger partial charge in [-0.3, -0.25) is 20.7 Å². The first-order valence-corrected chi connectivity index (χ1v) is 10.5. The number of alkyl halides is 1. The van der Waals surface area contributed by atoms with Crippen molar-refractivity contribution in [3.05, 3.63) is 53.6 Å². The minimum Gasteiger partial charge on any atom is -0.462 e. The number of nitrogens with zero attached hydrogens (tertiary/aromatic N) is 1. The number of ether oxygens (including phenoxy) is 1. The average Bonchev–Trinajstić information content (AvgIpc) is 2.71. The quantitative estimate of drug-likeness (QED) is 0.496. The van der Waals surface area contributed by atoms with E-state index in [1.807, 2.05) is 38.1 Å². The summed E-state index contributed by atoms with van der Waals surface area (Å²) in [6.45, 7) is 3.51. The van der Waals surface area contributed by atoms with Gasteiger partial charge in [0.05, 0.1) is 5.56 Å². The molecule has 4 N–H and O–H groups in total. The Balaban J connectivity index is 1.59. The maximum Gasteiger partial charge on any atom is 0.326 e. The maximum atomic E-state index is 12.5. The van der Waals surface area contributed by atoms with Gasteiger partial charge in [0.15, 0.2) is 0 Å². The second-order valence-electron chi connectivity index (χ2n) is 7.21. The molecule has 0 atom stereocenters. The topological polar surface area (TPSA) is 94.7 Å². The Kier molecular flexibility index (Phi) is 7.30. The molecule has 1 saturated heterocycles. The van der Waals surface area contributed by atoms with Crippen molar-refractivity contribution in [1.29, 1.82) is 0 Å². The summed E-state index contributed by atoms with van der Waals surface area (Å²) in [6, 6.07) is 11.8. The van der Waals surface area contributed by atoms with Gasteiger partial charge in [-0.1, -0.05) is 28.1 Å². The van der Waals surface area contributed by atoms with E-state index in [0.717, 1.165) is 24.3 Å². The molecule has 3 amide bonds. The molecule has 0 radical (unpaired) electrons. The number of para-hydroxylation sites is 1. The first-order chi connectivity index (χ1) is 14.3. The summed E-state index contributed by atoms with van der Waals surface area (Å²) in [4.78, 5) is 27.0. The van der Waals surface area contributed by atoms with Gasteiger partial charge < -0.3 is 15.0 Å². The zero-order chi connectivity index (χ0) is 21.7. The molecule has 1 aliphatic heterocycles. The van der Waals surface area contributed by atoms with E-state index in [0.29, 0.717) is 21.8 Å². The lowest BCUT2D eigenvalue weighted by atomic mass is 10.1. The smallest absolute Gasteiger partial charge is 0.326 e. The van der Waals surface area contributed by atoms with Crippen LogP contribution in [0.4, 0.5) is 16.2 Å². The van der Waals surface area contributed by atoms with Crippen molar-refractivity contribution in [3.63, 3.8) is 0 Å². The van der Waals surface area contributed by atoms with Crippen LogP contribution in [-0.2, 0) is 0 Å². The molecule has 160 valence electrons. The molecule has 2 aromatic carbocycles. The fourth-order valence-electron chi connectivity index (χ4n) is 3.07. The highest BCUT2D eigenvalue weighted by Crippen LogP contribution is 2.23. The summed E-state index contributed by atoms with van der Waals surface area (Å²) in [5.74, 6) is 0.239. The van der Waals surface area contributed by atoms with Crippen molar-refractivity contribution in [1.82, 2.24) is 16.0 Å². The standard InChI is InChI=1S/C21H26BrN5O3/c1-13-10-15(8-9-18(13)30-21-23-11-14(22)12-24-21)25-20(29)26-19(28)16-6-4-5-7-17(16)27(2)3/h4-10,14,21,23-24H,11-12H2,1-3H3,(H2,25,26,28,29). The van der Waals surface area contributed by atoms with E-state index in [2.05, 4.69) is 37.2 Å². The second-order valence-corrected chi connectivity index (χ2v) is 8.51. The summed E-state index contributed by atoms with van der Waals surface area (Å²) < 4.78 is 5.92. The average molecular weight is 476 g/mol. The van der Waals surface area contributed by atoms with Crippen molar-refractivity contribution in [2.24, 2.45) is 0 Å². The Morgan fingerprint density at radius 2 is 1.83 bits per heavy atom. The molecule has 30 heavy (non-hydrogen) atoms. The molecule has 2 aromatic rings. The first-order valence-electron chi connectivity index (χ1n) is 9.60. The monoisotopic (exact) mass is 475 g/mol. The molecule has 0 unspecified atom stereocenters. The molecule has 0 aliphatic carbocycles. The number of carbonyl (C=O) groups excluding carboxylic acids is 2. The van der Waals surface area contributed by atoms with E-state index < -0.39 is 11.9 Å². The van der Waals surface area contributed by atoms with Crippen LogP contribution in [0.15, 0.2) is 42.5 Å². The van der Waals surface area contributed by atoms with Crippen LogP contribution in [0.2, 0.25) is 0 Å². The number of hydrogen-bond acceptors (Lipinski definition) is 6. The number of imide groups is 1. The number of hydrogen-bond donors (Lipinski definition) is 4. The SMILES string of the molecule is Cc1cc(NC(=O)NC(=O)c2ccccc2N(C)C)ccc1OC1NCC(Br)CN1. The van der Waals surface area contributed by atoms with Gasteiger partial charge in [-0.05, 0) is 42.8 Å². The molecule has 1 aliphatic rings. The molecule has 8 nitrogen and oxygen atoms in total. The number of carbonyl (C=O) groups is 2. The molecule has 1 fully saturated rings. The normalized spacial score (nSPS) is 18.4. The Hall–Kier alpha value is -2.62. The predicted octanol–water partition coefficient (Wildman–Crippen LogP) is 2.64. The lowest BCUT2D eigenvalue weighted by Crippen LogP contribution is -2.56. The van der Waals surface area contributed by atoms with Gasteiger partial charge in [-0.15, -0.1) is 0 Å². The minimum atomic E-state index is -0.597. The van der Waals surface area contributed by atoms with Crippen LogP contribution in [0.5, 0.6) is 5.75 Å². The molecule has 9 heteroatoms. The van der Waals surface area contributed by atoms with Crippen molar-refractivity contribution in [3.8, 4) is 5.75 Å². The summed E-state index contributed by atoms with van der Waals surface area (Å²) in [7, 11) is 3.68. The van der Waals surface area contributed by atoms with Crippen LogP contribution in [0.25, 0.3) is 0 Å². The number of anilines is 2. The van der Waals surface area contributed by atoms with E-state index in [-0.39, 0.29) is 6.35 Å². The molecule has 0 spiro atoms. The lowest BCUT2D eigenvalue weighted by Gasteiger charge is -2.29. The number of amides is 3. The van der Waals surface area contributed by atoms with Crippen molar-refractivity contribution >= 4 is 39.2 Å². The zero-order valence-electron chi connectivity index (χ0n) is 17.2. The van der Waals surface area contributed by atoms with E-state index >= 15 is 0 Å². The van der Waals surface area contributed by atoms with Gasteiger partial charge in [0.25, 0.3) is 5.91 Å². The van der Waals surface area contributed by atoms with E-state index in [1.54, 1.807) is 30.3 Å². The Morgan fingerprint density at radius 1 is 1.13 bits per heavy atom. The lowest BCUT2D eigenvalue weighted by molar-refractivity contribution is 0.0967. The number of urea groups is 1. The van der Waals surface area contributed by atoms with Crippen LogP contribution < -0.4 is 30.9 Å². The van der Waals surface area contributed by atoms with E-state index in [1.165, 1.54) is 0 Å². The third kappa shape index (κ3) is 5.71. The zero-order valence-corrected chi connectivity index (χ0v) is 18.7. The van der Waals surface area contributed by atoms with E-state index in [4.69, 9.17) is 4.74 Å². The predicted molar refractivity (Wildman–Crippen MR) is 122 cm³/mol. The third-order valence-electron chi connectivity index (χ3n) is 4.58. The highest BCUT2D eigenvalue weighted by atomic mass is 79.9. The van der Waals surface area contributed by atoms with Crippen LogP contribution in [0, 0.1) is 6.92 Å². The van der Waals surface area contributed by atoms with Crippen molar-refractivity contribution < 1.29 is 14.3 Å². The number of aryl methyl sites for hydroxylation is 1. The number of benzene rings is 2. The van der Waals surface area contributed by atoms with Crippen molar-refractivity contribution in [2.45, 2.75) is 18.1 Å². The second kappa shape index (κ2) is 9.92. The molecule has 0 bridgehead atoms. The largest absolute Gasteiger partial charge is 0.462 e. The molecule has 0 aromatic heterocycles. The number of halogens is 1. The van der Waals surface area contributed by atoms with Crippen LogP contribution in [0.1, 0.15) is 15.9 Å². The highest BCUT2D eigenvalue weighted by molar-refractivity contribution is 9.09. The van der Waals surface area contributed by atoms with Crippen LogP contribution in [-0.4, -0.2) is 50.3 Å². The van der Waals surface area contributed by atoms with E-state index in [9.17, 15) is 9.59 Å². The Bertz CT molecular complexity index is 913. The molecular formula is C21H26BrN5O3. The summed E-state index contributed by atoms with van der Waals surface area (Å²) in [6.07, 6.45) is -0.269. The van der Waals surface area contributed by atoms with Gasteiger partial charge in [0.2, 0.25) is 6.35 Å². The van der Waals surface area contributed by atoms with Gasteiger partial charge in [-0.25, -0.2) is 4.79 Å². The van der Waals surface area contributed by atoms with Crippen LogP contribution >= 0.6 is 15.9 Å². The highest BCUT2D eigenvalue weighted by Gasteiger charge is 2.19. The Morgan fingerprint density at radius 3 is 2.50 bits per heavy atom. The van der Waals surface area contributed by atoms with Crippen LogP contribution in [0.3, 0.4) is 0 Å². The molecule has 1 heterocycles. The maximum absolute atomic E-state index is 12.5. The molecular weight excluding hydrogens is 450 g/mol. The third-order valence-corrected chi connectivity index (χ3v) is 5.23. The molecule has 0 saturated carbocycles. The first kappa shape index (κ1) is 22.1. The van der Waals surface area contributed by atoms with Crippen molar-refractivity contribution in [2.75, 3.05) is 37.4 Å². The summed E-state index contributed by atoms with van der Waals surface area (Å²) in [5, 5.41) is 11.5. The Labute approximate surface area is 184 Å². The van der Waals surface area contributed by atoms with Gasteiger partial charge >= 0.3 is 6.03 Å². The minimum absolute atomic E-state index is 0.269. The summed E-state index contributed by atoms with van der Waals surface area (Å²) >= 11 is 3.54. The van der Waals surface area contributed by atoms with Gasteiger partial charge in [0.1, 0.15) is 5.75 Å². The number of rotatable bonds is 5. The summed E-state index contributed by atoms with van der Waals surface area (Å²) in [5.41, 5.74) is 2.59. The fraction of sp³-hybridized carbons (Fsp3) is 0.333. The van der Waals surface area contributed by atoms with Gasteiger partial charge in [-0.2, -0.15) is 0 Å². The molecule has 3 rings (SSSR count). The fourth-order valence-corrected chi connectivity index (χ4v) is 3.45. The number of nitrogens with one attached hydrogen (secondary N) is 4. The van der Waals surface area contributed by atoms with Gasteiger partial charge in [0, 0.05) is 43.4 Å².